The van der Waals surface area contributed by atoms with Gasteiger partial charge >= 0.3 is 0 Å². The van der Waals surface area contributed by atoms with Crippen LogP contribution in [-0.2, 0) is 0 Å². The van der Waals surface area contributed by atoms with Crippen molar-refractivity contribution in [2.75, 3.05) is 32.7 Å². The number of halogens is 1. The largest absolute Gasteiger partial charge is 0.507 e. The Morgan fingerprint density at radius 1 is 1.08 bits per heavy atom. The van der Waals surface area contributed by atoms with Crippen LogP contribution in [-0.4, -0.2) is 58.6 Å². The molecular formula is C19H21FN2O3. The molecule has 2 aromatic rings. The van der Waals surface area contributed by atoms with Crippen LogP contribution in [0.1, 0.15) is 22.0 Å². The van der Waals surface area contributed by atoms with Crippen molar-refractivity contribution in [1.29, 1.82) is 0 Å². The molecule has 1 saturated heterocycles. The molecule has 0 unspecified atom stereocenters. The molecule has 1 aliphatic rings. The second-order valence-corrected chi connectivity index (χ2v) is 6.18. The van der Waals surface area contributed by atoms with E-state index in [1.807, 2.05) is 4.90 Å². The van der Waals surface area contributed by atoms with Gasteiger partial charge in [-0.1, -0.05) is 24.3 Å². The Labute approximate surface area is 145 Å². The number of phenolic OH excluding ortho intramolecular Hbond substituents is 1. The van der Waals surface area contributed by atoms with Gasteiger partial charge < -0.3 is 15.1 Å². The lowest BCUT2D eigenvalue weighted by Gasteiger charge is -2.35. The van der Waals surface area contributed by atoms with Crippen LogP contribution in [0.5, 0.6) is 5.75 Å². The molecule has 0 radical (unpaired) electrons. The monoisotopic (exact) mass is 344 g/mol. The number of carbonyl (C=O) groups is 1. The van der Waals surface area contributed by atoms with E-state index in [1.54, 1.807) is 35.2 Å². The molecule has 3 rings (SSSR count). The number of benzene rings is 2. The number of nitrogens with zero attached hydrogens (tertiary/aromatic N) is 2. The Kier molecular flexibility index (Phi) is 5.31. The van der Waals surface area contributed by atoms with Gasteiger partial charge in [-0.25, -0.2) is 4.39 Å². The fourth-order valence-corrected chi connectivity index (χ4v) is 3.02. The summed E-state index contributed by atoms with van der Waals surface area (Å²) in [4.78, 5) is 16.2. The fraction of sp³-hybridized carbons (Fsp3) is 0.316. The van der Waals surface area contributed by atoms with Crippen LogP contribution >= 0.6 is 0 Å². The molecular weight excluding hydrogens is 323 g/mol. The average Bonchev–Trinajstić information content (AvgIpc) is 2.62. The first-order valence-electron chi connectivity index (χ1n) is 8.28. The van der Waals surface area contributed by atoms with Crippen molar-refractivity contribution in [1.82, 2.24) is 9.80 Å². The Morgan fingerprint density at radius 2 is 1.80 bits per heavy atom. The topological polar surface area (TPSA) is 64.0 Å². The van der Waals surface area contributed by atoms with Gasteiger partial charge in [-0.2, -0.15) is 0 Å². The molecule has 132 valence electrons. The lowest BCUT2D eigenvalue weighted by atomic mass is 10.1. The van der Waals surface area contributed by atoms with Crippen LogP contribution in [0.3, 0.4) is 0 Å². The summed E-state index contributed by atoms with van der Waals surface area (Å²) in [6, 6.07) is 12.5. The van der Waals surface area contributed by atoms with Crippen LogP contribution < -0.4 is 0 Å². The summed E-state index contributed by atoms with van der Waals surface area (Å²) in [5.41, 5.74) is 0.850. The first kappa shape index (κ1) is 17.4. The first-order chi connectivity index (χ1) is 12.0. The minimum atomic E-state index is -0.767. The van der Waals surface area contributed by atoms with Crippen molar-refractivity contribution in [3.05, 3.63) is 65.5 Å². The average molecular weight is 344 g/mol. The SMILES string of the molecule is O=C(c1ccccc1O)N1CCN(C[C@@H](O)c2cccc(F)c2)CC1. The van der Waals surface area contributed by atoms with Crippen molar-refractivity contribution in [2.24, 2.45) is 0 Å². The predicted molar refractivity (Wildman–Crippen MR) is 91.8 cm³/mol. The van der Waals surface area contributed by atoms with E-state index in [2.05, 4.69) is 0 Å². The Balaban J connectivity index is 1.55. The number of hydrogen-bond donors (Lipinski definition) is 2. The zero-order valence-corrected chi connectivity index (χ0v) is 13.8. The smallest absolute Gasteiger partial charge is 0.257 e. The number of piperazine rings is 1. The standard InChI is InChI=1S/C19H21FN2O3/c20-15-5-3-4-14(12-15)18(24)13-21-8-10-22(11-9-21)19(25)16-6-1-2-7-17(16)23/h1-7,12,18,23-24H,8-11,13H2/t18-/m1/s1. The molecule has 2 N–H and O–H groups in total. The zero-order chi connectivity index (χ0) is 17.8. The highest BCUT2D eigenvalue weighted by molar-refractivity contribution is 5.96. The van der Waals surface area contributed by atoms with Crippen LogP contribution in [0.2, 0.25) is 0 Å². The molecule has 6 heteroatoms. The number of amides is 1. The molecule has 1 fully saturated rings. The van der Waals surface area contributed by atoms with Crippen molar-refractivity contribution in [3.63, 3.8) is 0 Å². The van der Waals surface area contributed by atoms with Crippen LogP contribution in [0.15, 0.2) is 48.5 Å². The van der Waals surface area contributed by atoms with Gasteiger partial charge in [0, 0.05) is 32.7 Å². The Bertz CT molecular complexity index is 745. The van der Waals surface area contributed by atoms with Gasteiger partial charge in [0.25, 0.3) is 5.91 Å². The van der Waals surface area contributed by atoms with E-state index in [1.165, 1.54) is 18.2 Å². The molecule has 1 atom stereocenters. The maximum Gasteiger partial charge on any atom is 0.257 e. The number of para-hydroxylation sites is 1. The van der Waals surface area contributed by atoms with E-state index >= 15 is 0 Å². The number of β-amino-alcohol motifs (C(OH)–C–C–N with tert-alkyl or cyclic N) is 1. The van der Waals surface area contributed by atoms with Gasteiger partial charge in [-0.05, 0) is 29.8 Å². The van der Waals surface area contributed by atoms with Gasteiger partial charge in [-0.3, -0.25) is 9.69 Å². The lowest BCUT2D eigenvalue weighted by molar-refractivity contribution is 0.0525. The van der Waals surface area contributed by atoms with Gasteiger partial charge in [-0.15, -0.1) is 0 Å². The summed E-state index contributed by atoms with van der Waals surface area (Å²) in [6.07, 6.45) is -0.767. The molecule has 25 heavy (non-hydrogen) atoms. The maximum absolute atomic E-state index is 13.3. The van der Waals surface area contributed by atoms with E-state index in [-0.39, 0.29) is 17.5 Å². The number of rotatable bonds is 4. The van der Waals surface area contributed by atoms with Crippen LogP contribution in [0.4, 0.5) is 4.39 Å². The Hall–Kier alpha value is -2.44. The van der Waals surface area contributed by atoms with Gasteiger partial charge in [0.05, 0.1) is 11.7 Å². The number of carbonyl (C=O) groups excluding carboxylic acids is 1. The highest BCUT2D eigenvalue weighted by Gasteiger charge is 2.25. The molecule has 0 bridgehead atoms. The fourth-order valence-electron chi connectivity index (χ4n) is 3.02. The van der Waals surface area contributed by atoms with Gasteiger partial charge in [0.15, 0.2) is 0 Å². The molecule has 1 aliphatic heterocycles. The first-order valence-corrected chi connectivity index (χ1v) is 8.28. The minimum absolute atomic E-state index is 0.0172. The van der Waals surface area contributed by atoms with Crippen molar-refractivity contribution in [3.8, 4) is 5.75 Å². The lowest BCUT2D eigenvalue weighted by Crippen LogP contribution is -2.49. The maximum atomic E-state index is 13.3. The molecule has 0 aliphatic carbocycles. The summed E-state index contributed by atoms with van der Waals surface area (Å²) < 4.78 is 13.3. The number of aliphatic hydroxyl groups excluding tert-OH is 1. The number of hydrogen-bond acceptors (Lipinski definition) is 4. The van der Waals surface area contributed by atoms with Gasteiger partial charge in [0.2, 0.25) is 0 Å². The molecule has 0 spiro atoms. The highest BCUT2D eigenvalue weighted by Crippen LogP contribution is 2.20. The predicted octanol–water partition coefficient (Wildman–Crippen LogP) is 2.02. The molecule has 2 aromatic carbocycles. The third kappa shape index (κ3) is 4.15. The Morgan fingerprint density at radius 3 is 2.48 bits per heavy atom. The molecule has 5 nitrogen and oxygen atoms in total. The van der Waals surface area contributed by atoms with Crippen molar-refractivity contribution in [2.45, 2.75) is 6.10 Å². The van der Waals surface area contributed by atoms with Crippen molar-refractivity contribution >= 4 is 5.91 Å². The van der Waals surface area contributed by atoms with E-state index in [0.29, 0.717) is 43.9 Å². The summed E-state index contributed by atoms with van der Waals surface area (Å²) in [5, 5.41) is 20.1. The van der Waals surface area contributed by atoms with Gasteiger partial charge in [0.1, 0.15) is 11.6 Å². The van der Waals surface area contributed by atoms with E-state index in [4.69, 9.17) is 0 Å². The molecule has 0 saturated carbocycles. The summed E-state index contributed by atoms with van der Waals surface area (Å²) >= 11 is 0. The number of phenols is 1. The molecule has 0 aromatic heterocycles. The summed E-state index contributed by atoms with van der Waals surface area (Å²) in [7, 11) is 0. The second kappa shape index (κ2) is 7.63. The summed E-state index contributed by atoms with van der Waals surface area (Å²) in [6.45, 7) is 2.66. The van der Waals surface area contributed by atoms with E-state index < -0.39 is 6.10 Å². The van der Waals surface area contributed by atoms with Crippen molar-refractivity contribution < 1.29 is 19.4 Å². The molecule has 1 amide bonds. The van der Waals surface area contributed by atoms with Crippen LogP contribution in [0, 0.1) is 5.82 Å². The van der Waals surface area contributed by atoms with E-state index in [9.17, 15) is 19.4 Å². The molecule has 1 heterocycles. The normalized spacial score (nSPS) is 16.6. The minimum Gasteiger partial charge on any atom is -0.507 e. The third-order valence-corrected chi connectivity index (χ3v) is 4.46. The zero-order valence-electron chi connectivity index (χ0n) is 13.8. The quantitative estimate of drug-likeness (QED) is 0.891. The highest BCUT2D eigenvalue weighted by atomic mass is 19.1. The third-order valence-electron chi connectivity index (χ3n) is 4.46. The summed E-state index contributed by atoms with van der Waals surface area (Å²) in [5.74, 6) is -0.575. The number of aliphatic hydroxyl groups is 1. The van der Waals surface area contributed by atoms with Crippen LogP contribution in [0.25, 0.3) is 0 Å². The number of aromatic hydroxyl groups is 1. The van der Waals surface area contributed by atoms with E-state index in [0.717, 1.165) is 0 Å². The second-order valence-electron chi connectivity index (χ2n) is 6.18.